The predicted octanol–water partition coefficient (Wildman–Crippen LogP) is 4.35. The minimum Gasteiger partial charge on any atom is -0.481 e. The Morgan fingerprint density at radius 1 is 1.04 bits per heavy atom. The number of carboxylic acids is 1. The van der Waals surface area contributed by atoms with Gasteiger partial charge in [-0.05, 0) is 47.0 Å². The van der Waals surface area contributed by atoms with Crippen LogP contribution >= 0.6 is 11.6 Å². The number of nitrogens with zero attached hydrogens (tertiary/aromatic N) is 1. The van der Waals surface area contributed by atoms with Crippen LogP contribution in [0.5, 0.6) is 0 Å². The molecule has 0 saturated carbocycles. The molecule has 0 aliphatic heterocycles. The molecule has 5 nitrogen and oxygen atoms in total. The molecule has 0 radical (unpaired) electrons. The second kappa shape index (κ2) is 8.47. The van der Waals surface area contributed by atoms with Crippen LogP contribution in [-0.2, 0) is 4.79 Å². The molecule has 0 aliphatic carbocycles. The van der Waals surface area contributed by atoms with Crippen LogP contribution in [0.4, 0.5) is 0 Å². The Labute approximate surface area is 161 Å². The lowest BCUT2D eigenvalue weighted by Gasteiger charge is -2.17. The highest BCUT2D eigenvalue weighted by atomic mass is 35.5. The fourth-order valence-corrected chi connectivity index (χ4v) is 2.86. The number of halogens is 1. The average molecular weight is 381 g/mol. The van der Waals surface area contributed by atoms with Gasteiger partial charge in [-0.3, -0.25) is 14.6 Å². The van der Waals surface area contributed by atoms with Crippen LogP contribution in [0.1, 0.15) is 28.4 Å². The van der Waals surface area contributed by atoms with E-state index in [4.69, 9.17) is 16.7 Å². The fourth-order valence-electron chi connectivity index (χ4n) is 2.73. The Morgan fingerprint density at radius 2 is 1.81 bits per heavy atom. The first-order valence-electron chi connectivity index (χ1n) is 8.31. The highest BCUT2D eigenvalue weighted by Gasteiger charge is 2.19. The van der Waals surface area contributed by atoms with Gasteiger partial charge in [0.1, 0.15) is 0 Å². The van der Waals surface area contributed by atoms with Crippen LogP contribution in [0, 0.1) is 0 Å². The maximum Gasteiger partial charge on any atom is 0.305 e. The van der Waals surface area contributed by atoms with Gasteiger partial charge in [-0.2, -0.15) is 0 Å². The normalized spacial score (nSPS) is 11.6. The minimum absolute atomic E-state index is 0.228. The summed E-state index contributed by atoms with van der Waals surface area (Å²) in [7, 11) is 0. The quantitative estimate of drug-likeness (QED) is 0.666. The zero-order chi connectivity index (χ0) is 19.2. The monoisotopic (exact) mass is 380 g/mol. The molecule has 1 atom stereocenters. The lowest BCUT2D eigenvalue weighted by atomic mass is 10.0. The smallest absolute Gasteiger partial charge is 0.305 e. The molecular formula is C21H17ClN2O3. The van der Waals surface area contributed by atoms with Gasteiger partial charge in [-0.15, -0.1) is 0 Å². The first-order chi connectivity index (χ1) is 13.0. The van der Waals surface area contributed by atoms with E-state index in [0.29, 0.717) is 16.1 Å². The number of benzene rings is 2. The van der Waals surface area contributed by atoms with Crippen LogP contribution in [0.15, 0.2) is 73.1 Å². The van der Waals surface area contributed by atoms with Crippen LogP contribution in [0.2, 0.25) is 5.02 Å². The Morgan fingerprint density at radius 3 is 2.48 bits per heavy atom. The number of carbonyl (C=O) groups is 2. The molecule has 136 valence electrons. The lowest BCUT2D eigenvalue weighted by Crippen LogP contribution is -2.30. The van der Waals surface area contributed by atoms with Gasteiger partial charge in [0.15, 0.2) is 0 Å². The van der Waals surface area contributed by atoms with E-state index in [0.717, 1.165) is 11.1 Å². The third kappa shape index (κ3) is 4.92. The number of carbonyl (C=O) groups excluding carboxylic acids is 1. The van der Waals surface area contributed by atoms with Crippen molar-refractivity contribution < 1.29 is 14.7 Å². The highest BCUT2D eigenvalue weighted by molar-refractivity contribution is 6.30. The van der Waals surface area contributed by atoms with Crippen molar-refractivity contribution >= 4 is 23.5 Å². The van der Waals surface area contributed by atoms with E-state index in [-0.39, 0.29) is 12.3 Å². The largest absolute Gasteiger partial charge is 0.481 e. The number of pyridine rings is 1. The molecule has 3 aromatic rings. The summed E-state index contributed by atoms with van der Waals surface area (Å²) in [4.78, 5) is 27.9. The lowest BCUT2D eigenvalue weighted by molar-refractivity contribution is -0.137. The second-order valence-corrected chi connectivity index (χ2v) is 6.43. The summed E-state index contributed by atoms with van der Waals surface area (Å²) >= 11 is 5.92. The van der Waals surface area contributed by atoms with E-state index < -0.39 is 12.0 Å². The van der Waals surface area contributed by atoms with E-state index in [2.05, 4.69) is 10.3 Å². The van der Waals surface area contributed by atoms with E-state index in [1.807, 2.05) is 18.2 Å². The van der Waals surface area contributed by atoms with Crippen molar-refractivity contribution in [2.75, 3.05) is 0 Å². The van der Waals surface area contributed by atoms with Crippen molar-refractivity contribution in [3.05, 3.63) is 89.2 Å². The second-order valence-electron chi connectivity index (χ2n) is 6.00. The van der Waals surface area contributed by atoms with Crippen molar-refractivity contribution in [1.29, 1.82) is 0 Å². The Bertz CT molecular complexity index is 943. The molecular weight excluding hydrogens is 364 g/mol. The maximum absolute atomic E-state index is 12.7. The van der Waals surface area contributed by atoms with E-state index >= 15 is 0 Å². The molecule has 6 heteroatoms. The number of hydrogen-bond acceptors (Lipinski definition) is 3. The molecule has 0 fully saturated rings. The third-order valence-electron chi connectivity index (χ3n) is 4.07. The van der Waals surface area contributed by atoms with Gasteiger partial charge in [-0.25, -0.2) is 0 Å². The molecule has 3 rings (SSSR count). The first-order valence-corrected chi connectivity index (χ1v) is 8.69. The van der Waals surface area contributed by atoms with Crippen LogP contribution < -0.4 is 5.32 Å². The molecule has 0 saturated heterocycles. The minimum atomic E-state index is -1.00. The summed E-state index contributed by atoms with van der Waals surface area (Å²) in [5.74, 6) is -1.35. The number of aromatic nitrogens is 1. The number of hydrogen-bond donors (Lipinski definition) is 2. The van der Waals surface area contributed by atoms with Crippen LogP contribution in [0.25, 0.3) is 11.1 Å². The zero-order valence-corrected chi connectivity index (χ0v) is 15.1. The summed E-state index contributed by atoms with van der Waals surface area (Å²) in [6.45, 7) is 0. The molecule has 0 spiro atoms. The van der Waals surface area contributed by atoms with Gasteiger partial charge in [0.25, 0.3) is 5.91 Å². The van der Waals surface area contributed by atoms with Gasteiger partial charge in [0.05, 0.1) is 12.5 Å². The molecule has 0 unspecified atom stereocenters. The number of rotatable bonds is 6. The van der Waals surface area contributed by atoms with Gasteiger partial charge in [0, 0.05) is 23.0 Å². The topological polar surface area (TPSA) is 79.3 Å². The SMILES string of the molecule is O=C(O)C[C@@H](NC(=O)c1cccc(-c2ccc(Cl)cc2)c1)c1cccnc1. The number of nitrogens with one attached hydrogen (secondary N) is 1. The van der Waals surface area contributed by atoms with Gasteiger partial charge in [-0.1, -0.05) is 41.9 Å². The average Bonchev–Trinajstić information content (AvgIpc) is 2.68. The molecule has 0 bridgehead atoms. The maximum atomic E-state index is 12.7. The summed E-state index contributed by atoms with van der Waals surface area (Å²) < 4.78 is 0. The molecule has 1 heterocycles. The molecule has 1 amide bonds. The molecule has 2 N–H and O–H groups in total. The zero-order valence-electron chi connectivity index (χ0n) is 14.3. The Balaban J connectivity index is 1.83. The Kier molecular flexibility index (Phi) is 5.84. The van der Waals surface area contributed by atoms with E-state index in [1.165, 1.54) is 0 Å². The summed E-state index contributed by atoms with van der Waals surface area (Å²) in [5.41, 5.74) is 2.89. The van der Waals surface area contributed by atoms with Crippen LogP contribution in [0.3, 0.4) is 0 Å². The van der Waals surface area contributed by atoms with Crippen LogP contribution in [-0.4, -0.2) is 22.0 Å². The highest BCUT2D eigenvalue weighted by Crippen LogP contribution is 2.23. The summed E-state index contributed by atoms with van der Waals surface area (Å²) in [6.07, 6.45) is 2.92. The summed E-state index contributed by atoms with van der Waals surface area (Å²) in [6, 6.07) is 17.2. The standard InChI is InChI=1S/C21H17ClN2O3/c22-18-8-6-14(7-9-18)15-3-1-4-16(11-15)21(27)24-19(12-20(25)26)17-5-2-10-23-13-17/h1-11,13,19H,12H2,(H,24,27)(H,25,26)/t19-/m1/s1. The van der Waals surface area contributed by atoms with Gasteiger partial charge >= 0.3 is 5.97 Å². The van der Waals surface area contributed by atoms with Crippen molar-refractivity contribution in [1.82, 2.24) is 10.3 Å². The van der Waals surface area contributed by atoms with Gasteiger partial charge in [0.2, 0.25) is 0 Å². The number of aliphatic carboxylic acids is 1. The number of amides is 1. The molecule has 2 aromatic carbocycles. The molecule has 1 aromatic heterocycles. The predicted molar refractivity (Wildman–Crippen MR) is 104 cm³/mol. The van der Waals surface area contributed by atoms with Crippen molar-refractivity contribution in [3.8, 4) is 11.1 Å². The third-order valence-corrected chi connectivity index (χ3v) is 4.33. The first kappa shape index (κ1) is 18.6. The van der Waals surface area contributed by atoms with Gasteiger partial charge < -0.3 is 10.4 Å². The van der Waals surface area contributed by atoms with E-state index in [9.17, 15) is 9.59 Å². The Hall–Kier alpha value is -3.18. The van der Waals surface area contributed by atoms with Crippen molar-refractivity contribution in [2.45, 2.75) is 12.5 Å². The number of carboxylic acid groups (broad SMARTS) is 1. The molecule has 27 heavy (non-hydrogen) atoms. The van der Waals surface area contributed by atoms with Crippen molar-refractivity contribution in [3.63, 3.8) is 0 Å². The fraction of sp³-hybridized carbons (Fsp3) is 0.0952. The molecule has 0 aliphatic rings. The van der Waals surface area contributed by atoms with Crippen molar-refractivity contribution in [2.24, 2.45) is 0 Å². The summed E-state index contributed by atoms with van der Waals surface area (Å²) in [5, 5.41) is 12.6. The van der Waals surface area contributed by atoms with E-state index in [1.54, 1.807) is 54.9 Å².